The largest absolute Gasteiger partial charge is 0.380 e. The van der Waals surface area contributed by atoms with E-state index < -0.39 is 0 Å². The van der Waals surface area contributed by atoms with Crippen molar-refractivity contribution in [2.45, 2.75) is 103 Å². The zero-order valence-corrected chi connectivity index (χ0v) is 14.8. The van der Waals surface area contributed by atoms with E-state index in [-0.39, 0.29) is 0 Å². The van der Waals surface area contributed by atoms with Gasteiger partial charge in [-0.3, -0.25) is 0 Å². The van der Waals surface area contributed by atoms with E-state index in [0.29, 0.717) is 12.1 Å². The molecule has 126 valence electrons. The molecule has 2 atom stereocenters. The van der Waals surface area contributed by atoms with E-state index in [4.69, 9.17) is 4.74 Å². The molecule has 0 aliphatic heterocycles. The highest BCUT2D eigenvalue weighted by Gasteiger charge is 2.35. The van der Waals surface area contributed by atoms with Crippen LogP contribution in [0, 0.1) is 5.92 Å². The van der Waals surface area contributed by atoms with E-state index in [1.807, 2.05) is 7.11 Å². The summed E-state index contributed by atoms with van der Waals surface area (Å²) in [6.07, 6.45) is 18.7. The van der Waals surface area contributed by atoms with Crippen molar-refractivity contribution < 1.29 is 4.74 Å². The second-order valence-corrected chi connectivity index (χ2v) is 6.90. The fourth-order valence-electron chi connectivity index (χ4n) is 3.43. The Labute approximate surface area is 133 Å². The lowest BCUT2D eigenvalue weighted by Crippen LogP contribution is -2.40. The molecule has 0 aromatic rings. The summed E-state index contributed by atoms with van der Waals surface area (Å²) < 4.78 is 5.71. The van der Waals surface area contributed by atoms with Gasteiger partial charge < -0.3 is 10.1 Å². The van der Waals surface area contributed by atoms with Crippen LogP contribution in [0.4, 0.5) is 0 Å². The fourth-order valence-corrected chi connectivity index (χ4v) is 3.43. The number of hydrogen-bond donors (Lipinski definition) is 1. The molecule has 0 saturated heterocycles. The third-order valence-electron chi connectivity index (χ3n) is 4.99. The van der Waals surface area contributed by atoms with Crippen LogP contribution in [0.25, 0.3) is 0 Å². The van der Waals surface area contributed by atoms with Crippen molar-refractivity contribution in [3.63, 3.8) is 0 Å². The molecule has 1 aliphatic carbocycles. The van der Waals surface area contributed by atoms with Gasteiger partial charge in [0.15, 0.2) is 0 Å². The summed E-state index contributed by atoms with van der Waals surface area (Å²) in [5.74, 6) is 0.829. The minimum Gasteiger partial charge on any atom is -0.380 e. The summed E-state index contributed by atoms with van der Waals surface area (Å²) in [5.41, 5.74) is 0. The molecule has 2 heteroatoms. The Morgan fingerprint density at radius 2 is 1.43 bits per heavy atom. The topological polar surface area (TPSA) is 21.3 Å². The summed E-state index contributed by atoms with van der Waals surface area (Å²) in [7, 11) is 3.97. The van der Waals surface area contributed by atoms with Gasteiger partial charge in [0.1, 0.15) is 0 Å². The molecule has 1 fully saturated rings. The molecule has 2 nitrogen and oxygen atoms in total. The van der Waals surface area contributed by atoms with Crippen LogP contribution >= 0.6 is 0 Å². The van der Waals surface area contributed by atoms with E-state index >= 15 is 0 Å². The lowest BCUT2D eigenvalue weighted by molar-refractivity contribution is 0.0499. The van der Waals surface area contributed by atoms with Crippen molar-refractivity contribution in [2.75, 3.05) is 14.2 Å². The number of hydrogen-bond acceptors (Lipinski definition) is 2. The maximum absolute atomic E-state index is 5.71. The average Bonchev–Trinajstić information content (AvgIpc) is 3.32. The summed E-state index contributed by atoms with van der Waals surface area (Å²) in [6.45, 7) is 2.29. The molecule has 0 aromatic carbocycles. The highest BCUT2D eigenvalue weighted by molar-refractivity contribution is 4.89. The van der Waals surface area contributed by atoms with Gasteiger partial charge in [-0.15, -0.1) is 0 Å². The number of rotatable bonds is 15. The second kappa shape index (κ2) is 12.5. The summed E-state index contributed by atoms with van der Waals surface area (Å²) >= 11 is 0. The molecule has 0 radical (unpaired) electrons. The molecule has 1 N–H and O–H groups in total. The van der Waals surface area contributed by atoms with Crippen LogP contribution in [0.2, 0.25) is 0 Å². The molecule has 0 bridgehead atoms. The molecule has 1 saturated carbocycles. The Balaban J connectivity index is 1.92. The van der Waals surface area contributed by atoms with Crippen LogP contribution in [0.5, 0.6) is 0 Å². The van der Waals surface area contributed by atoms with E-state index in [1.165, 1.54) is 83.5 Å². The molecule has 2 unspecified atom stereocenters. The lowest BCUT2D eigenvalue weighted by Gasteiger charge is -2.25. The Morgan fingerprint density at radius 1 is 0.905 bits per heavy atom. The molecule has 0 aromatic heterocycles. The van der Waals surface area contributed by atoms with Crippen LogP contribution in [0.15, 0.2) is 0 Å². The number of methoxy groups -OCH3 is 1. The minimum absolute atomic E-state index is 0.452. The van der Waals surface area contributed by atoms with Crippen molar-refractivity contribution in [1.82, 2.24) is 5.32 Å². The van der Waals surface area contributed by atoms with Crippen LogP contribution in [0.1, 0.15) is 90.4 Å². The predicted octanol–water partition coefficient (Wildman–Crippen LogP) is 5.31. The Morgan fingerprint density at radius 3 is 1.86 bits per heavy atom. The van der Waals surface area contributed by atoms with Gasteiger partial charge in [-0.1, -0.05) is 71.1 Å². The van der Waals surface area contributed by atoms with Crippen molar-refractivity contribution >= 4 is 0 Å². The van der Waals surface area contributed by atoms with E-state index in [9.17, 15) is 0 Å². The molecule has 0 spiro atoms. The predicted molar refractivity (Wildman–Crippen MR) is 92.8 cm³/mol. The molecule has 0 heterocycles. The summed E-state index contributed by atoms with van der Waals surface area (Å²) in [5, 5.41) is 3.48. The normalized spacial score (nSPS) is 17.9. The maximum atomic E-state index is 5.71. The molecular weight excluding hydrogens is 258 g/mol. The third kappa shape index (κ3) is 8.83. The molecule has 1 aliphatic rings. The Kier molecular flexibility index (Phi) is 11.3. The Hall–Kier alpha value is -0.0800. The summed E-state index contributed by atoms with van der Waals surface area (Å²) in [6, 6.07) is 0.566. The first-order chi connectivity index (χ1) is 10.3. The average molecular weight is 298 g/mol. The quantitative estimate of drug-likeness (QED) is 0.414. The van der Waals surface area contributed by atoms with Gasteiger partial charge in [0.25, 0.3) is 0 Å². The zero-order chi connectivity index (χ0) is 15.3. The number of nitrogens with one attached hydrogen (secondary N) is 1. The molecule has 0 amide bonds. The highest BCUT2D eigenvalue weighted by Crippen LogP contribution is 2.36. The van der Waals surface area contributed by atoms with Crippen LogP contribution in [0.3, 0.4) is 0 Å². The van der Waals surface area contributed by atoms with Gasteiger partial charge in [-0.2, -0.15) is 0 Å². The fraction of sp³-hybridized carbons (Fsp3) is 1.00. The lowest BCUT2D eigenvalue weighted by atomic mass is 9.99. The number of likely N-dealkylation sites (N-methyl/N-ethyl adjacent to an activating group) is 1. The molecule has 21 heavy (non-hydrogen) atoms. The smallest absolute Gasteiger partial charge is 0.0752 e. The highest BCUT2D eigenvalue weighted by atomic mass is 16.5. The van der Waals surface area contributed by atoms with Crippen LogP contribution in [-0.4, -0.2) is 26.3 Å². The van der Waals surface area contributed by atoms with Gasteiger partial charge in [0.05, 0.1) is 6.10 Å². The summed E-state index contributed by atoms with van der Waals surface area (Å²) in [4.78, 5) is 0. The molecule has 1 rings (SSSR count). The Bertz CT molecular complexity index is 228. The zero-order valence-electron chi connectivity index (χ0n) is 14.8. The van der Waals surface area contributed by atoms with E-state index in [1.54, 1.807) is 0 Å². The van der Waals surface area contributed by atoms with Gasteiger partial charge in [-0.25, -0.2) is 0 Å². The first-order valence-corrected chi connectivity index (χ1v) is 9.53. The standard InChI is InChI=1S/C19H39NO/c1-4-5-6-7-8-9-10-11-12-13-14-18(20-2)19(21-3)17-15-16-17/h17-20H,4-16H2,1-3H3. The molecular formula is C19H39NO. The van der Waals surface area contributed by atoms with Crippen LogP contribution < -0.4 is 5.32 Å². The van der Waals surface area contributed by atoms with Gasteiger partial charge in [0, 0.05) is 13.2 Å². The van der Waals surface area contributed by atoms with Crippen molar-refractivity contribution in [3.8, 4) is 0 Å². The van der Waals surface area contributed by atoms with E-state index in [2.05, 4.69) is 19.3 Å². The second-order valence-electron chi connectivity index (χ2n) is 6.90. The van der Waals surface area contributed by atoms with E-state index in [0.717, 1.165) is 5.92 Å². The van der Waals surface area contributed by atoms with Gasteiger partial charge in [-0.05, 0) is 32.2 Å². The minimum atomic E-state index is 0.452. The maximum Gasteiger partial charge on any atom is 0.0752 e. The first kappa shape index (κ1) is 19.0. The SMILES string of the molecule is CCCCCCCCCCCCC(NC)C(OC)C1CC1. The van der Waals surface area contributed by atoms with Crippen molar-refractivity contribution in [1.29, 1.82) is 0 Å². The number of ether oxygens (including phenoxy) is 1. The van der Waals surface area contributed by atoms with Crippen molar-refractivity contribution in [3.05, 3.63) is 0 Å². The first-order valence-electron chi connectivity index (χ1n) is 9.53. The van der Waals surface area contributed by atoms with Gasteiger partial charge in [0.2, 0.25) is 0 Å². The monoisotopic (exact) mass is 297 g/mol. The third-order valence-corrected chi connectivity index (χ3v) is 4.99. The number of unbranched alkanes of at least 4 members (excludes halogenated alkanes) is 9. The van der Waals surface area contributed by atoms with Crippen LogP contribution in [-0.2, 0) is 4.74 Å². The van der Waals surface area contributed by atoms with Crippen molar-refractivity contribution in [2.24, 2.45) is 5.92 Å². The van der Waals surface area contributed by atoms with Gasteiger partial charge >= 0.3 is 0 Å².